The van der Waals surface area contributed by atoms with E-state index in [9.17, 15) is 33.9 Å². The highest BCUT2D eigenvalue weighted by atomic mass is 16.4. The Labute approximate surface area is 288 Å². The van der Waals surface area contributed by atoms with Gasteiger partial charge in [0.05, 0.1) is 6.04 Å². The molecule has 14 heteroatoms. The number of aromatic nitrogens is 1. The molecule has 0 aliphatic rings. The van der Waals surface area contributed by atoms with Crippen LogP contribution >= 0.6 is 0 Å². The van der Waals surface area contributed by atoms with E-state index in [-0.39, 0.29) is 44.7 Å². The maximum Gasteiger partial charge on any atom is 0.326 e. The number of hydrogen-bond acceptors (Lipinski definition) is 8. The molecule has 4 amide bonds. The Kier molecular flexibility index (Phi) is 20.0. The zero-order valence-electron chi connectivity index (χ0n) is 28.7. The molecule has 1 aromatic heterocycles. The first-order valence-corrected chi connectivity index (χ1v) is 17.5. The molecule has 0 saturated heterocycles. The summed E-state index contributed by atoms with van der Waals surface area (Å²) in [4.78, 5) is 75.9. The Hall–Kier alpha value is -4.30. The number of nitrogens with two attached hydrogens (primary N) is 1. The lowest BCUT2D eigenvalue weighted by molar-refractivity contribution is -0.142. The van der Waals surface area contributed by atoms with Gasteiger partial charge in [-0.15, -0.1) is 0 Å². The maximum absolute atomic E-state index is 13.3. The van der Waals surface area contributed by atoms with Gasteiger partial charge in [-0.05, 0) is 30.9 Å². The third-order valence-corrected chi connectivity index (χ3v) is 8.16. The fourth-order valence-corrected chi connectivity index (χ4v) is 5.31. The first kappa shape index (κ1) is 40.9. The van der Waals surface area contributed by atoms with E-state index in [1.165, 1.54) is 25.7 Å². The van der Waals surface area contributed by atoms with Gasteiger partial charge in [0, 0.05) is 69.0 Å². The molecule has 0 aliphatic heterocycles. The van der Waals surface area contributed by atoms with Crippen LogP contribution in [0.4, 0.5) is 0 Å². The first-order chi connectivity index (χ1) is 23.7. The maximum atomic E-state index is 13.3. The fraction of sp³-hybridized carbons (Fsp3) is 0.600. The fourth-order valence-electron chi connectivity index (χ4n) is 5.31. The van der Waals surface area contributed by atoms with Crippen molar-refractivity contribution >= 4 is 46.8 Å². The summed E-state index contributed by atoms with van der Waals surface area (Å²) in [5, 5.41) is 24.2. The van der Waals surface area contributed by atoms with Gasteiger partial charge in [-0.1, -0.05) is 63.6 Å². The summed E-state index contributed by atoms with van der Waals surface area (Å²) in [5.41, 5.74) is 7.79. The Bertz CT molecular complexity index is 1330. The van der Waals surface area contributed by atoms with E-state index in [1.807, 2.05) is 24.3 Å². The van der Waals surface area contributed by atoms with Crippen molar-refractivity contribution in [1.29, 1.82) is 0 Å². The van der Waals surface area contributed by atoms with Gasteiger partial charge in [0.1, 0.15) is 18.4 Å². The molecule has 1 heterocycles. The number of aldehydes is 1. The van der Waals surface area contributed by atoms with Gasteiger partial charge in [-0.25, -0.2) is 4.79 Å². The lowest BCUT2D eigenvalue weighted by Gasteiger charge is -2.22. The molecule has 2 aromatic rings. The number of aromatic amines is 1. The average Bonchev–Trinajstić information content (AvgIpc) is 3.49. The molecule has 9 N–H and O–H groups in total. The van der Waals surface area contributed by atoms with Gasteiger partial charge in [0.25, 0.3) is 0 Å². The summed E-state index contributed by atoms with van der Waals surface area (Å²) in [5.74, 6) is -2.85. The Morgan fingerprint density at radius 1 is 0.837 bits per heavy atom. The van der Waals surface area contributed by atoms with Crippen LogP contribution in [0.1, 0.15) is 89.5 Å². The van der Waals surface area contributed by atoms with Crippen LogP contribution in [0.3, 0.4) is 0 Å². The molecule has 0 radical (unpaired) electrons. The number of fused-ring (bicyclic) bond motifs is 1. The van der Waals surface area contributed by atoms with E-state index < -0.39 is 41.8 Å². The van der Waals surface area contributed by atoms with Crippen molar-refractivity contribution in [2.75, 3.05) is 26.2 Å². The van der Waals surface area contributed by atoms with Gasteiger partial charge >= 0.3 is 5.97 Å². The number of benzene rings is 1. The topological polar surface area (TPSA) is 225 Å². The van der Waals surface area contributed by atoms with Crippen molar-refractivity contribution in [2.24, 2.45) is 5.73 Å². The SMILES string of the molecule is CCCCCCCCCC(=O)NCCNC[C@H](N)C(=O)N[C@H](Cc1c[nH]c2ccccc12)C(=O)NCC[C@@H](NC(=O)CCCC=O)C(=O)O. The number of carbonyl (C=O) groups excluding carboxylic acids is 5. The summed E-state index contributed by atoms with van der Waals surface area (Å²) in [6.45, 7) is 3.04. The molecule has 14 nitrogen and oxygen atoms in total. The van der Waals surface area contributed by atoms with Crippen molar-refractivity contribution in [3.8, 4) is 0 Å². The van der Waals surface area contributed by atoms with Crippen LogP contribution in [-0.2, 0) is 35.2 Å². The average molecular weight is 686 g/mol. The predicted molar refractivity (Wildman–Crippen MR) is 188 cm³/mol. The molecule has 0 aliphatic carbocycles. The summed E-state index contributed by atoms with van der Waals surface area (Å²) >= 11 is 0. The van der Waals surface area contributed by atoms with Crippen molar-refractivity contribution < 1.29 is 33.9 Å². The van der Waals surface area contributed by atoms with Crippen molar-refractivity contribution in [3.05, 3.63) is 36.0 Å². The van der Waals surface area contributed by atoms with E-state index >= 15 is 0 Å². The highest BCUT2D eigenvalue weighted by Gasteiger charge is 2.26. The normalized spacial score (nSPS) is 12.9. The molecule has 0 fully saturated rings. The van der Waals surface area contributed by atoms with Crippen LogP contribution in [-0.4, -0.2) is 90.3 Å². The van der Waals surface area contributed by atoms with Crippen LogP contribution in [0.2, 0.25) is 0 Å². The van der Waals surface area contributed by atoms with Gasteiger partial charge in [-0.3, -0.25) is 19.2 Å². The van der Waals surface area contributed by atoms with Gasteiger partial charge in [0.2, 0.25) is 23.6 Å². The van der Waals surface area contributed by atoms with Crippen LogP contribution in [0.15, 0.2) is 30.5 Å². The zero-order chi connectivity index (χ0) is 35.9. The van der Waals surface area contributed by atoms with Gasteiger partial charge in [0.15, 0.2) is 0 Å². The first-order valence-electron chi connectivity index (χ1n) is 17.5. The van der Waals surface area contributed by atoms with Crippen LogP contribution in [0.5, 0.6) is 0 Å². The number of nitrogens with one attached hydrogen (secondary N) is 6. The Morgan fingerprint density at radius 2 is 1.55 bits per heavy atom. The highest BCUT2D eigenvalue weighted by Crippen LogP contribution is 2.19. The standard InChI is InChI=1S/C35H55N7O7/c1-2-3-4-5-6-7-8-15-31(44)38-20-19-37-24-27(36)33(46)42-30(22-25-23-40-28-14-10-9-13-26(25)28)34(47)39-18-17-29(35(48)49)41-32(45)16-11-12-21-43/h9-10,13-14,21,23,27,29-30,37,40H,2-8,11-12,15-20,22,24,36H2,1H3,(H,38,44)(H,39,47)(H,41,45)(H,42,46)(H,48,49)/t27-,29+,30+/m0/s1. The molecule has 0 spiro atoms. The third kappa shape index (κ3) is 16.6. The lowest BCUT2D eigenvalue weighted by atomic mass is 10.0. The molecule has 272 valence electrons. The number of para-hydroxylation sites is 1. The Balaban J connectivity index is 1.86. The van der Waals surface area contributed by atoms with Crippen molar-refractivity contribution in [3.63, 3.8) is 0 Å². The number of unbranched alkanes of at least 4 members (excludes halogenated alkanes) is 7. The molecular formula is C35H55N7O7. The van der Waals surface area contributed by atoms with Crippen molar-refractivity contribution in [1.82, 2.24) is 31.6 Å². The van der Waals surface area contributed by atoms with E-state index in [0.29, 0.717) is 32.2 Å². The summed E-state index contributed by atoms with van der Waals surface area (Å²) in [7, 11) is 0. The second-order valence-electron chi connectivity index (χ2n) is 12.3. The second kappa shape index (κ2) is 23.9. The molecule has 3 atom stereocenters. The zero-order valence-corrected chi connectivity index (χ0v) is 28.7. The summed E-state index contributed by atoms with van der Waals surface area (Å²) < 4.78 is 0. The van der Waals surface area contributed by atoms with E-state index in [4.69, 9.17) is 5.73 Å². The van der Waals surface area contributed by atoms with Crippen molar-refractivity contribution in [2.45, 2.75) is 109 Å². The molecule has 2 rings (SSSR count). The van der Waals surface area contributed by atoms with E-state index in [1.54, 1.807) is 6.20 Å². The lowest BCUT2D eigenvalue weighted by Crippen LogP contribution is -2.55. The molecular weight excluding hydrogens is 630 g/mol. The highest BCUT2D eigenvalue weighted by molar-refractivity contribution is 5.91. The minimum absolute atomic E-state index is 0.00446. The largest absolute Gasteiger partial charge is 0.480 e. The summed E-state index contributed by atoms with van der Waals surface area (Å²) in [6, 6.07) is 4.30. The quantitative estimate of drug-likeness (QED) is 0.0506. The predicted octanol–water partition coefficient (Wildman–Crippen LogP) is 1.81. The van der Waals surface area contributed by atoms with Crippen LogP contribution in [0, 0.1) is 0 Å². The minimum atomic E-state index is -1.26. The smallest absolute Gasteiger partial charge is 0.326 e. The monoisotopic (exact) mass is 685 g/mol. The molecule has 1 aromatic carbocycles. The molecule has 0 bridgehead atoms. The minimum Gasteiger partial charge on any atom is -0.480 e. The number of carboxylic acids is 1. The number of carboxylic acid groups (broad SMARTS) is 1. The number of hydrogen-bond donors (Lipinski definition) is 8. The molecule has 0 unspecified atom stereocenters. The Morgan fingerprint density at radius 3 is 2.29 bits per heavy atom. The number of aliphatic carboxylic acids is 1. The molecule has 49 heavy (non-hydrogen) atoms. The van der Waals surface area contributed by atoms with Crippen LogP contribution < -0.4 is 32.3 Å². The van der Waals surface area contributed by atoms with Crippen LogP contribution in [0.25, 0.3) is 10.9 Å². The van der Waals surface area contributed by atoms with E-state index in [2.05, 4.69) is 38.5 Å². The molecule has 0 saturated carbocycles. The number of rotatable bonds is 27. The summed E-state index contributed by atoms with van der Waals surface area (Å²) in [6.07, 6.45) is 11.5. The number of carbonyl (C=O) groups is 6. The number of amides is 4. The second-order valence-corrected chi connectivity index (χ2v) is 12.3. The van der Waals surface area contributed by atoms with E-state index in [0.717, 1.165) is 35.7 Å². The third-order valence-electron chi connectivity index (χ3n) is 8.16. The van der Waals surface area contributed by atoms with Gasteiger partial charge in [-0.2, -0.15) is 0 Å². The van der Waals surface area contributed by atoms with Gasteiger partial charge < -0.3 is 47.2 Å². The number of H-pyrrole nitrogens is 1.